The number of ether oxygens (including phenoxy) is 1. The van der Waals surface area contributed by atoms with Gasteiger partial charge in [-0.1, -0.05) is 0 Å². The lowest BCUT2D eigenvalue weighted by atomic mass is 10.0. The average molecular weight is 185 g/mol. The van der Waals surface area contributed by atoms with Crippen LogP contribution in [0.1, 0.15) is 27.7 Å². The lowest BCUT2D eigenvalue weighted by Crippen LogP contribution is -2.55. The molecule has 3 heteroatoms. The van der Waals surface area contributed by atoms with E-state index < -0.39 is 0 Å². The van der Waals surface area contributed by atoms with Crippen molar-refractivity contribution in [1.29, 1.82) is 0 Å². The monoisotopic (exact) mass is 185 g/mol. The predicted octanol–water partition coefficient (Wildman–Crippen LogP) is 1.07. The van der Waals surface area contributed by atoms with Crippen LogP contribution < -0.4 is 0 Å². The van der Waals surface area contributed by atoms with Crippen molar-refractivity contribution in [2.24, 2.45) is 0 Å². The quantitative estimate of drug-likeness (QED) is 0.603. The van der Waals surface area contributed by atoms with Crippen LogP contribution in [-0.2, 0) is 9.53 Å². The number of carbonyl (C=O) groups excluding carboxylic acids is 1. The van der Waals surface area contributed by atoms with E-state index in [1.54, 1.807) is 0 Å². The molecule has 0 saturated carbocycles. The number of nitrogens with zero attached hydrogens (tertiary/aromatic N) is 1. The number of rotatable bonds is 2. The number of hydrogen-bond donors (Lipinski definition) is 0. The zero-order chi connectivity index (χ0) is 10.1. The molecule has 13 heavy (non-hydrogen) atoms. The third-order valence-corrected chi connectivity index (χ3v) is 2.52. The second-order valence-electron chi connectivity index (χ2n) is 4.43. The lowest BCUT2D eigenvalue weighted by Gasteiger charge is -2.42. The SMILES string of the molecule is CC1CN(C(C)(C)C=O)CC(C)O1. The van der Waals surface area contributed by atoms with Crippen LogP contribution in [-0.4, -0.2) is 42.0 Å². The minimum absolute atomic E-state index is 0.225. The van der Waals surface area contributed by atoms with Crippen molar-refractivity contribution in [1.82, 2.24) is 4.90 Å². The van der Waals surface area contributed by atoms with Crippen molar-refractivity contribution in [2.45, 2.75) is 45.4 Å². The van der Waals surface area contributed by atoms with Crippen molar-refractivity contribution in [3.05, 3.63) is 0 Å². The van der Waals surface area contributed by atoms with Gasteiger partial charge in [0.15, 0.2) is 0 Å². The van der Waals surface area contributed by atoms with Gasteiger partial charge in [-0.25, -0.2) is 0 Å². The average Bonchev–Trinajstić information content (AvgIpc) is 2.02. The van der Waals surface area contributed by atoms with Gasteiger partial charge < -0.3 is 9.53 Å². The molecular formula is C10H19NO2. The van der Waals surface area contributed by atoms with Crippen LogP contribution in [0.25, 0.3) is 0 Å². The fraction of sp³-hybridized carbons (Fsp3) is 0.900. The Kier molecular flexibility index (Phi) is 3.09. The van der Waals surface area contributed by atoms with E-state index in [0.29, 0.717) is 0 Å². The molecule has 0 spiro atoms. The Labute approximate surface area is 80.1 Å². The van der Waals surface area contributed by atoms with Gasteiger partial charge in [-0.15, -0.1) is 0 Å². The van der Waals surface area contributed by atoms with Crippen LogP contribution >= 0.6 is 0 Å². The summed E-state index contributed by atoms with van der Waals surface area (Å²) in [4.78, 5) is 13.0. The minimum Gasteiger partial charge on any atom is -0.373 e. The molecule has 1 fully saturated rings. The van der Waals surface area contributed by atoms with E-state index in [9.17, 15) is 4.79 Å². The molecule has 2 atom stereocenters. The first-order chi connectivity index (χ1) is 5.95. The highest BCUT2D eigenvalue weighted by Gasteiger charge is 2.32. The fourth-order valence-electron chi connectivity index (χ4n) is 1.72. The van der Waals surface area contributed by atoms with Gasteiger partial charge in [-0.05, 0) is 27.7 Å². The second-order valence-corrected chi connectivity index (χ2v) is 4.43. The molecule has 1 saturated heterocycles. The van der Waals surface area contributed by atoms with Gasteiger partial charge >= 0.3 is 0 Å². The van der Waals surface area contributed by atoms with Gasteiger partial charge in [-0.2, -0.15) is 0 Å². The Balaban J connectivity index is 2.64. The zero-order valence-electron chi connectivity index (χ0n) is 8.91. The summed E-state index contributed by atoms with van der Waals surface area (Å²) in [7, 11) is 0. The molecule has 0 aromatic heterocycles. The molecule has 1 aliphatic heterocycles. The number of hydrogen-bond acceptors (Lipinski definition) is 3. The molecule has 1 aliphatic rings. The Morgan fingerprint density at radius 1 is 1.31 bits per heavy atom. The summed E-state index contributed by atoms with van der Waals surface area (Å²) in [5.74, 6) is 0. The number of morpholine rings is 1. The topological polar surface area (TPSA) is 29.5 Å². The van der Waals surface area contributed by atoms with Crippen LogP contribution in [0, 0.1) is 0 Å². The molecule has 0 aliphatic carbocycles. The van der Waals surface area contributed by atoms with E-state index in [1.807, 2.05) is 27.7 Å². The first-order valence-corrected chi connectivity index (χ1v) is 4.82. The highest BCUT2D eigenvalue weighted by Crippen LogP contribution is 2.19. The van der Waals surface area contributed by atoms with Crippen molar-refractivity contribution in [3.63, 3.8) is 0 Å². The largest absolute Gasteiger partial charge is 0.373 e. The summed E-state index contributed by atoms with van der Waals surface area (Å²) in [6.45, 7) is 9.68. The van der Waals surface area contributed by atoms with Crippen LogP contribution in [0.4, 0.5) is 0 Å². The van der Waals surface area contributed by atoms with Gasteiger partial charge in [-0.3, -0.25) is 4.90 Å². The molecular weight excluding hydrogens is 166 g/mol. The Hall–Kier alpha value is -0.410. The van der Waals surface area contributed by atoms with E-state index in [2.05, 4.69) is 4.90 Å². The minimum atomic E-state index is -0.355. The van der Waals surface area contributed by atoms with Gasteiger partial charge in [0.2, 0.25) is 0 Å². The molecule has 0 radical (unpaired) electrons. The summed E-state index contributed by atoms with van der Waals surface area (Å²) in [6, 6.07) is 0. The van der Waals surface area contributed by atoms with E-state index >= 15 is 0 Å². The van der Waals surface area contributed by atoms with Crippen molar-refractivity contribution < 1.29 is 9.53 Å². The smallest absolute Gasteiger partial charge is 0.139 e. The maximum atomic E-state index is 10.9. The third kappa shape index (κ3) is 2.51. The molecule has 1 heterocycles. The Bertz CT molecular complexity index is 181. The van der Waals surface area contributed by atoms with Crippen molar-refractivity contribution in [3.8, 4) is 0 Å². The predicted molar refractivity (Wildman–Crippen MR) is 51.7 cm³/mol. The summed E-state index contributed by atoms with van der Waals surface area (Å²) in [5.41, 5.74) is -0.355. The standard InChI is InChI=1S/C10H19NO2/c1-8-5-11(6-9(2)13-8)10(3,4)7-12/h7-9H,5-6H2,1-4H3. The summed E-state index contributed by atoms with van der Waals surface area (Å²) in [5, 5.41) is 0. The Morgan fingerprint density at radius 3 is 2.15 bits per heavy atom. The molecule has 0 aromatic carbocycles. The van der Waals surface area contributed by atoms with Gasteiger partial charge in [0.25, 0.3) is 0 Å². The van der Waals surface area contributed by atoms with E-state index in [-0.39, 0.29) is 17.7 Å². The Morgan fingerprint density at radius 2 is 1.77 bits per heavy atom. The third-order valence-electron chi connectivity index (χ3n) is 2.52. The lowest BCUT2D eigenvalue weighted by molar-refractivity contribution is -0.128. The molecule has 0 bridgehead atoms. The molecule has 1 rings (SSSR count). The summed E-state index contributed by atoms with van der Waals surface area (Å²) < 4.78 is 5.60. The normalized spacial score (nSPS) is 31.7. The van der Waals surface area contributed by atoms with Gasteiger partial charge in [0.1, 0.15) is 6.29 Å². The maximum Gasteiger partial charge on any atom is 0.139 e. The second kappa shape index (κ2) is 3.76. The van der Waals surface area contributed by atoms with Crippen LogP contribution in [0.5, 0.6) is 0 Å². The van der Waals surface area contributed by atoms with Gasteiger partial charge in [0, 0.05) is 13.1 Å². The highest BCUT2D eigenvalue weighted by molar-refractivity contribution is 5.62. The van der Waals surface area contributed by atoms with Gasteiger partial charge in [0.05, 0.1) is 17.7 Å². The van der Waals surface area contributed by atoms with E-state index in [0.717, 1.165) is 19.4 Å². The van der Waals surface area contributed by atoms with E-state index in [1.165, 1.54) is 0 Å². The molecule has 3 nitrogen and oxygen atoms in total. The van der Waals surface area contributed by atoms with Crippen molar-refractivity contribution in [2.75, 3.05) is 13.1 Å². The van der Waals surface area contributed by atoms with Crippen LogP contribution in [0.3, 0.4) is 0 Å². The number of aldehydes is 1. The first-order valence-electron chi connectivity index (χ1n) is 4.82. The summed E-state index contributed by atoms with van der Waals surface area (Å²) in [6.07, 6.45) is 1.46. The highest BCUT2D eigenvalue weighted by atomic mass is 16.5. The van der Waals surface area contributed by atoms with Crippen LogP contribution in [0.15, 0.2) is 0 Å². The molecule has 2 unspecified atom stereocenters. The first kappa shape index (κ1) is 10.7. The van der Waals surface area contributed by atoms with E-state index in [4.69, 9.17) is 4.74 Å². The summed E-state index contributed by atoms with van der Waals surface area (Å²) >= 11 is 0. The molecule has 0 N–H and O–H groups in total. The molecule has 76 valence electrons. The fourth-order valence-corrected chi connectivity index (χ4v) is 1.72. The maximum absolute atomic E-state index is 10.9. The molecule has 0 aromatic rings. The molecule has 0 amide bonds. The number of carbonyl (C=O) groups is 1. The van der Waals surface area contributed by atoms with Crippen molar-refractivity contribution >= 4 is 6.29 Å². The van der Waals surface area contributed by atoms with Crippen LogP contribution in [0.2, 0.25) is 0 Å². The zero-order valence-corrected chi connectivity index (χ0v) is 8.91.